The van der Waals surface area contributed by atoms with Crippen molar-refractivity contribution < 1.29 is 9.53 Å². The summed E-state index contributed by atoms with van der Waals surface area (Å²) in [6.45, 7) is 5.17. The maximum Gasteiger partial charge on any atom is 0.264 e. The van der Waals surface area contributed by atoms with Crippen LogP contribution in [0.1, 0.15) is 24.0 Å². The average Bonchev–Trinajstić information content (AvgIpc) is 3.35. The van der Waals surface area contributed by atoms with Crippen molar-refractivity contribution in [3.63, 3.8) is 0 Å². The maximum atomic E-state index is 12.8. The minimum atomic E-state index is -0.283. The molecule has 1 aliphatic heterocycles. The summed E-state index contributed by atoms with van der Waals surface area (Å²) in [5, 5.41) is 7.57. The monoisotopic (exact) mass is 381 g/mol. The fraction of sp³-hybridized carbons (Fsp3) is 0.400. The maximum absolute atomic E-state index is 12.8. The summed E-state index contributed by atoms with van der Waals surface area (Å²) in [7, 11) is 0. The molecule has 0 bridgehead atoms. The molecule has 1 aromatic carbocycles. The predicted octanol–water partition coefficient (Wildman–Crippen LogP) is 1.49. The number of nitrogens with one attached hydrogen (secondary N) is 1. The lowest BCUT2D eigenvalue weighted by Gasteiger charge is -2.12. The van der Waals surface area contributed by atoms with E-state index < -0.39 is 0 Å². The third kappa shape index (κ3) is 3.43. The second-order valence-electron chi connectivity index (χ2n) is 7.13. The Morgan fingerprint density at radius 3 is 3.00 bits per heavy atom. The summed E-state index contributed by atoms with van der Waals surface area (Å²) in [5.74, 6) is -0.235. The quantitative estimate of drug-likeness (QED) is 0.723. The molecule has 3 heterocycles. The molecular weight excluding hydrogens is 358 g/mol. The van der Waals surface area contributed by atoms with Crippen LogP contribution in [0.15, 0.2) is 35.5 Å². The van der Waals surface area contributed by atoms with Gasteiger partial charge in [0.15, 0.2) is 5.65 Å². The largest absolute Gasteiger partial charge is 0.376 e. The van der Waals surface area contributed by atoms with Gasteiger partial charge in [-0.3, -0.25) is 14.2 Å². The molecule has 0 spiro atoms. The van der Waals surface area contributed by atoms with Crippen molar-refractivity contribution >= 4 is 16.9 Å². The Morgan fingerprint density at radius 2 is 2.21 bits per heavy atom. The lowest BCUT2D eigenvalue weighted by atomic mass is 10.1. The Bertz CT molecular complexity index is 1080. The number of nitrogens with zero attached hydrogens (tertiary/aromatic N) is 4. The summed E-state index contributed by atoms with van der Waals surface area (Å²) >= 11 is 0. The van der Waals surface area contributed by atoms with E-state index in [0.29, 0.717) is 17.6 Å². The molecule has 1 aliphatic rings. The molecule has 0 saturated carbocycles. The van der Waals surface area contributed by atoms with Crippen LogP contribution in [0.25, 0.3) is 16.7 Å². The number of aromatic nitrogens is 4. The fourth-order valence-corrected chi connectivity index (χ4v) is 3.45. The number of hydrogen-bond acceptors (Lipinski definition) is 5. The van der Waals surface area contributed by atoms with Gasteiger partial charge in [0.25, 0.3) is 5.56 Å². The Balaban J connectivity index is 1.57. The Labute approximate surface area is 162 Å². The lowest BCUT2D eigenvalue weighted by Crippen LogP contribution is -2.36. The predicted molar refractivity (Wildman–Crippen MR) is 105 cm³/mol. The van der Waals surface area contributed by atoms with Gasteiger partial charge in [0.1, 0.15) is 18.3 Å². The molecule has 8 heteroatoms. The first-order chi connectivity index (χ1) is 13.5. The summed E-state index contributed by atoms with van der Waals surface area (Å²) in [5.41, 5.74) is 3.29. The minimum Gasteiger partial charge on any atom is -0.376 e. The molecule has 28 heavy (non-hydrogen) atoms. The van der Waals surface area contributed by atoms with E-state index in [1.807, 2.05) is 32.0 Å². The van der Waals surface area contributed by atoms with Gasteiger partial charge in [0, 0.05) is 13.2 Å². The standard InChI is InChI=1S/C20H23N5O3/c1-13-5-3-7-17(14(13)2)25-19-16(10-23-25)20(27)24(12-22-19)11-18(26)21-9-15-6-4-8-28-15/h3,5,7,10,12,15H,4,6,8-9,11H2,1-2H3,(H,21,26). The third-order valence-corrected chi connectivity index (χ3v) is 5.22. The molecule has 146 valence electrons. The highest BCUT2D eigenvalue weighted by molar-refractivity contribution is 5.78. The van der Waals surface area contributed by atoms with Crippen LogP contribution in [0.5, 0.6) is 0 Å². The van der Waals surface area contributed by atoms with Gasteiger partial charge in [0.2, 0.25) is 5.91 Å². The molecule has 4 rings (SSSR count). The van der Waals surface area contributed by atoms with Crippen molar-refractivity contribution in [2.24, 2.45) is 0 Å². The molecule has 1 fully saturated rings. The van der Waals surface area contributed by atoms with Crippen molar-refractivity contribution in [2.75, 3.05) is 13.2 Å². The van der Waals surface area contributed by atoms with Gasteiger partial charge in [-0.25, -0.2) is 9.67 Å². The van der Waals surface area contributed by atoms with E-state index in [-0.39, 0.29) is 24.1 Å². The molecule has 1 N–H and O–H groups in total. The molecule has 1 atom stereocenters. The Hall–Kier alpha value is -3.00. The first kappa shape index (κ1) is 18.4. The van der Waals surface area contributed by atoms with Gasteiger partial charge in [-0.05, 0) is 43.9 Å². The van der Waals surface area contributed by atoms with Crippen molar-refractivity contribution in [1.29, 1.82) is 0 Å². The van der Waals surface area contributed by atoms with Crippen molar-refractivity contribution in [3.05, 3.63) is 52.2 Å². The number of aryl methyl sites for hydroxylation is 1. The molecule has 1 saturated heterocycles. The van der Waals surface area contributed by atoms with Crippen LogP contribution in [0.4, 0.5) is 0 Å². The van der Waals surface area contributed by atoms with Gasteiger partial charge in [0.05, 0.1) is 18.0 Å². The van der Waals surface area contributed by atoms with E-state index in [1.54, 1.807) is 4.68 Å². The van der Waals surface area contributed by atoms with Gasteiger partial charge < -0.3 is 10.1 Å². The van der Waals surface area contributed by atoms with Crippen LogP contribution in [0.2, 0.25) is 0 Å². The molecule has 3 aromatic rings. The van der Waals surface area contributed by atoms with Crippen molar-refractivity contribution in [2.45, 2.75) is 39.3 Å². The second-order valence-corrected chi connectivity index (χ2v) is 7.13. The van der Waals surface area contributed by atoms with Gasteiger partial charge in [-0.15, -0.1) is 0 Å². The molecule has 0 radical (unpaired) electrons. The van der Waals surface area contributed by atoms with E-state index in [1.165, 1.54) is 17.1 Å². The molecule has 8 nitrogen and oxygen atoms in total. The highest BCUT2D eigenvalue weighted by Crippen LogP contribution is 2.19. The zero-order chi connectivity index (χ0) is 19.7. The minimum absolute atomic E-state index is 0.0667. The van der Waals surface area contributed by atoms with E-state index >= 15 is 0 Å². The molecular formula is C20H23N5O3. The smallest absolute Gasteiger partial charge is 0.264 e. The fourth-order valence-electron chi connectivity index (χ4n) is 3.45. The normalized spacial score (nSPS) is 16.6. The summed E-state index contributed by atoms with van der Waals surface area (Å²) in [6, 6.07) is 5.92. The Morgan fingerprint density at radius 1 is 1.36 bits per heavy atom. The van der Waals surface area contributed by atoms with Crippen molar-refractivity contribution in [1.82, 2.24) is 24.6 Å². The zero-order valence-electron chi connectivity index (χ0n) is 16.0. The van der Waals surface area contributed by atoms with Gasteiger partial charge in [-0.2, -0.15) is 5.10 Å². The first-order valence-electron chi connectivity index (χ1n) is 9.42. The molecule has 2 aromatic heterocycles. The number of fused-ring (bicyclic) bond motifs is 1. The SMILES string of the molecule is Cc1cccc(-n2ncc3c(=O)n(CC(=O)NCC4CCCO4)cnc32)c1C. The summed E-state index contributed by atoms with van der Waals surface area (Å²) in [6.07, 6.45) is 4.94. The third-order valence-electron chi connectivity index (χ3n) is 5.22. The van der Waals surface area contributed by atoms with Crippen LogP contribution < -0.4 is 10.9 Å². The van der Waals surface area contributed by atoms with Crippen LogP contribution >= 0.6 is 0 Å². The van der Waals surface area contributed by atoms with Crippen molar-refractivity contribution in [3.8, 4) is 5.69 Å². The van der Waals surface area contributed by atoms with Gasteiger partial charge in [-0.1, -0.05) is 12.1 Å². The number of rotatable bonds is 5. The number of hydrogen-bond donors (Lipinski definition) is 1. The highest BCUT2D eigenvalue weighted by atomic mass is 16.5. The lowest BCUT2D eigenvalue weighted by molar-refractivity contribution is -0.122. The number of amides is 1. The zero-order valence-corrected chi connectivity index (χ0v) is 16.0. The van der Waals surface area contributed by atoms with Crippen LogP contribution in [-0.4, -0.2) is 44.5 Å². The topological polar surface area (TPSA) is 91.0 Å². The number of ether oxygens (including phenoxy) is 1. The molecule has 1 amide bonds. The van der Waals surface area contributed by atoms with E-state index in [0.717, 1.165) is 36.3 Å². The Kier molecular flexibility index (Phi) is 4.95. The molecule has 1 unspecified atom stereocenters. The second kappa shape index (κ2) is 7.55. The number of carbonyl (C=O) groups is 1. The van der Waals surface area contributed by atoms with Crippen LogP contribution in [0, 0.1) is 13.8 Å². The van der Waals surface area contributed by atoms with E-state index in [2.05, 4.69) is 15.4 Å². The summed E-state index contributed by atoms with van der Waals surface area (Å²) < 4.78 is 8.47. The van der Waals surface area contributed by atoms with Gasteiger partial charge >= 0.3 is 0 Å². The molecule has 0 aliphatic carbocycles. The number of carbonyl (C=O) groups excluding carboxylic acids is 1. The highest BCUT2D eigenvalue weighted by Gasteiger charge is 2.17. The van der Waals surface area contributed by atoms with Crippen LogP contribution in [0.3, 0.4) is 0 Å². The summed E-state index contributed by atoms with van der Waals surface area (Å²) in [4.78, 5) is 29.4. The van der Waals surface area contributed by atoms with E-state index in [9.17, 15) is 9.59 Å². The van der Waals surface area contributed by atoms with E-state index in [4.69, 9.17) is 4.74 Å². The average molecular weight is 381 g/mol. The van der Waals surface area contributed by atoms with Crippen LogP contribution in [-0.2, 0) is 16.1 Å². The first-order valence-corrected chi connectivity index (χ1v) is 9.42. The number of benzene rings is 1.